The van der Waals surface area contributed by atoms with E-state index < -0.39 is 14.6 Å². The molecule has 1 heterocycles. The predicted octanol–water partition coefficient (Wildman–Crippen LogP) is 5.04. The lowest BCUT2D eigenvalue weighted by Gasteiger charge is -2.24. The number of hydrogen-bond donors (Lipinski definition) is 0. The quantitative estimate of drug-likeness (QED) is 0.241. The van der Waals surface area contributed by atoms with E-state index in [4.69, 9.17) is 51.2 Å². The highest BCUT2D eigenvalue weighted by atomic mass is 35.5. The fraction of sp³-hybridized carbons (Fsp3) is 0.727. The summed E-state index contributed by atoms with van der Waals surface area (Å²) in [5.74, 6) is 0. The molecular formula is C11H16Cl4N4O2S3. The molecule has 138 valence electrons. The van der Waals surface area contributed by atoms with E-state index in [1.54, 1.807) is 5.01 Å². The monoisotopic (exact) mass is 472 g/mol. The van der Waals surface area contributed by atoms with E-state index in [-0.39, 0.29) is 4.75 Å². The predicted molar refractivity (Wildman–Crippen MR) is 110 cm³/mol. The minimum atomic E-state index is -1.59. The first-order chi connectivity index (χ1) is 10.8. The molecule has 0 atom stereocenters. The van der Waals surface area contributed by atoms with E-state index in [0.29, 0.717) is 5.04 Å². The van der Waals surface area contributed by atoms with Crippen molar-refractivity contribution in [2.75, 3.05) is 21.1 Å². The molecule has 1 aliphatic rings. The molecule has 1 aliphatic heterocycles. The average Bonchev–Trinajstić information content (AvgIpc) is 2.68. The molecule has 1 saturated heterocycles. The summed E-state index contributed by atoms with van der Waals surface area (Å²) in [6.45, 7) is 3.92. The molecule has 0 aromatic carbocycles. The van der Waals surface area contributed by atoms with E-state index in [1.807, 2.05) is 27.9 Å². The number of amides is 1. The van der Waals surface area contributed by atoms with E-state index in [0.717, 1.165) is 20.6 Å². The first kappa shape index (κ1) is 22.7. The number of thioether (sulfide) groups is 2. The van der Waals surface area contributed by atoms with Crippen LogP contribution in [-0.4, -0.2) is 59.2 Å². The van der Waals surface area contributed by atoms with E-state index in [1.165, 1.54) is 30.6 Å². The zero-order chi connectivity index (χ0) is 18.7. The number of carbonyl (C=O) groups is 1. The molecular weight excluding hydrogens is 458 g/mol. The number of carbonyl (C=O) groups excluding carboxylic acids is 1. The molecule has 24 heavy (non-hydrogen) atoms. The van der Waals surface area contributed by atoms with Crippen molar-refractivity contribution in [2.24, 2.45) is 10.3 Å². The molecule has 13 heteroatoms. The molecule has 1 fully saturated rings. The van der Waals surface area contributed by atoms with Gasteiger partial charge in [-0.1, -0.05) is 40.1 Å². The smallest absolute Gasteiger partial charge is 0.302 e. The van der Waals surface area contributed by atoms with Gasteiger partial charge in [-0.3, -0.25) is 4.84 Å². The third-order valence-corrected chi connectivity index (χ3v) is 8.04. The second-order valence-electron chi connectivity index (χ2n) is 5.13. The maximum absolute atomic E-state index is 12.0. The van der Waals surface area contributed by atoms with E-state index in [9.17, 15) is 4.79 Å². The second-order valence-corrected chi connectivity index (χ2v) is 12.3. The summed E-state index contributed by atoms with van der Waals surface area (Å²) >= 11 is 26.7. The van der Waals surface area contributed by atoms with Crippen LogP contribution in [0.4, 0.5) is 4.79 Å². The van der Waals surface area contributed by atoms with Crippen molar-refractivity contribution in [3.63, 3.8) is 0 Å². The van der Waals surface area contributed by atoms with Crippen molar-refractivity contribution < 1.29 is 9.63 Å². The summed E-state index contributed by atoms with van der Waals surface area (Å²) in [5.41, 5.74) is 0. The molecule has 0 aromatic heterocycles. The Morgan fingerprint density at radius 2 is 1.92 bits per heavy atom. The van der Waals surface area contributed by atoms with Crippen LogP contribution in [0.3, 0.4) is 0 Å². The minimum Gasteiger partial charge on any atom is -0.302 e. The number of hydrogen-bond acceptors (Lipinski definition) is 8. The van der Waals surface area contributed by atoms with Crippen LogP contribution in [0.15, 0.2) is 10.3 Å². The first-order valence-corrected chi connectivity index (χ1v) is 10.4. The highest BCUT2D eigenvalue weighted by Crippen LogP contribution is 2.45. The van der Waals surface area contributed by atoms with Crippen LogP contribution < -0.4 is 0 Å². The Labute approximate surface area is 174 Å². The Kier molecular flexibility index (Phi) is 8.51. The highest BCUT2D eigenvalue weighted by molar-refractivity contribution is 8.50. The average molecular weight is 474 g/mol. The van der Waals surface area contributed by atoms with Crippen molar-refractivity contribution in [3.05, 3.63) is 0 Å². The summed E-state index contributed by atoms with van der Waals surface area (Å²) in [6, 6.07) is 0. The summed E-state index contributed by atoms with van der Waals surface area (Å²) in [4.78, 5) is 15.8. The van der Waals surface area contributed by atoms with E-state index in [2.05, 4.69) is 10.3 Å². The van der Waals surface area contributed by atoms with Crippen LogP contribution in [0.5, 0.6) is 0 Å². The largest absolute Gasteiger partial charge is 0.445 e. The van der Waals surface area contributed by atoms with Crippen LogP contribution in [-0.2, 0) is 4.84 Å². The van der Waals surface area contributed by atoms with Gasteiger partial charge in [-0.2, -0.15) is 5.10 Å². The molecule has 0 radical (unpaired) electrons. The van der Waals surface area contributed by atoms with Gasteiger partial charge in [0.05, 0.1) is 4.75 Å². The lowest BCUT2D eigenvalue weighted by atomic mass is 10.2. The van der Waals surface area contributed by atoms with Gasteiger partial charge in [-0.25, -0.2) is 9.10 Å². The van der Waals surface area contributed by atoms with Crippen LogP contribution in [0, 0.1) is 0 Å². The molecule has 0 aromatic rings. The molecule has 0 unspecified atom stereocenters. The standard InChI is InChI=1S/C11H16Cl4N4O2S3/c1-10(2)7(22-8(23-10)16-18(3)4)17-21-9(20)19(5)24-11(14,15)6(12)13/h6H,1-5H3. The SMILES string of the molecule is CN(C)N=C1SC(=NOC(=O)N(C)SC(Cl)(Cl)C(Cl)Cl)C(C)(C)S1. The molecule has 0 N–H and O–H groups in total. The number of alkyl halides is 4. The molecule has 6 nitrogen and oxygen atoms in total. The van der Waals surface area contributed by atoms with Gasteiger partial charge in [0.2, 0.25) is 3.67 Å². The minimum absolute atomic E-state index is 0.356. The molecule has 1 amide bonds. The number of halogens is 4. The maximum Gasteiger partial charge on any atom is 0.445 e. The molecule has 0 aliphatic carbocycles. The van der Waals surface area contributed by atoms with Crippen molar-refractivity contribution in [1.29, 1.82) is 0 Å². The van der Waals surface area contributed by atoms with E-state index >= 15 is 0 Å². The fourth-order valence-corrected chi connectivity index (χ4v) is 5.37. The first-order valence-electron chi connectivity index (χ1n) is 6.36. The highest BCUT2D eigenvalue weighted by Gasteiger charge is 2.39. The summed E-state index contributed by atoms with van der Waals surface area (Å²) < 4.78 is -0.0652. The maximum atomic E-state index is 12.0. The molecule has 0 bridgehead atoms. The summed E-state index contributed by atoms with van der Waals surface area (Å²) in [7, 11) is 5.07. The van der Waals surface area contributed by atoms with Gasteiger partial charge in [0.25, 0.3) is 0 Å². The summed E-state index contributed by atoms with van der Waals surface area (Å²) in [5, 5.41) is 10.6. The van der Waals surface area contributed by atoms with Gasteiger partial charge in [0.1, 0.15) is 5.04 Å². The second kappa shape index (κ2) is 9.01. The van der Waals surface area contributed by atoms with Gasteiger partial charge >= 0.3 is 6.09 Å². The van der Waals surface area contributed by atoms with Gasteiger partial charge in [0, 0.05) is 21.1 Å². The van der Waals surface area contributed by atoms with Crippen LogP contribution in [0.25, 0.3) is 0 Å². The Bertz CT molecular complexity index is 543. The van der Waals surface area contributed by atoms with Crippen LogP contribution in [0.1, 0.15) is 13.8 Å². The van der Waals surface area contributed by atoms with Crippen molar-refractivity contribution >= 4 is 97.4 Å². The van der Waals surface area contributed by atoms with Crippen molar-refractivity contribution in [2.45, 2.75) is 27.1 Å². The molecule has 0 saturated carbocycles. The molecule has 1 rings (SSSR count). The zero-order valence-corrected chi connectivity index (χ0v) is 18.9. The van der Waals surface area contributed by atoms with Crippen LogP contribution >= 0.6 is 81.9 Å². The van der Waals surface area contributed by atoms with Crippen molar-refractivity contribution in [3.8, 4) is 0 Å². The van der Waals surface area contributed by atoms with Crippen LogP contribution in [0.2, 0.25) is 0 Å². The lowest BCUT2D eigenvalue weighted by molar-refractivity contribution is 0.137. The van der Waals surface area contributed by atoms with Gasteiger partial charge in [0.15, 0.2) is 9.21 Å². The van der Waals surface area contributed by atoms with Gasteiger partial charge < -0.3 is 5.01 Å². The number of nitrogens with zero attached hydrogens (tertiary/aromatic N) is 4. The van der Waals surface area contributed by atoms with Crippen molar-refractivity contribution in [1.82, 2.24) is 9.31 Å². The Morgan fingerprint density at radius 3 is 2.42 bits per heavy atom. The Morgan fingerprint density at radius 1 is 1.33 bits per heavy atom. The Balaban J connectivity index is 2.72. The van der Waals surface area contributed by atoms with Gasteiger partial charge in [-0.05, 0) is 37.6 Å². The number of hydrazone groups is 1. The topological polar surface area (TPSA) is 57.5 Å². The fourth-order valence-electron chi connectivity index (χ4n) is 1.22. The normalized spacial score (nSPS) is 20.8. The lowest BCUT2D eigenvalue weighted by Crippen LogP contribution is -2.29. The zero-order valence-electron chi connectivity index (χ0n) is 13.4. The Hall–Kier alpha value is 0.620. The van der Waals surface area contributed by atoms with Gasteiger partial charge in [-0.15, -0.1) is 23.2 Å². The summed E-state index contributed by atoms with van der Waals surface area (Å²) in [6.07, 6.45) is -0.758. The molecule has 0 spiro atoms. The number of rotatable bonds is 5. The third-order valence-electron chi connectivity index (χ3n) is 2.30. The third kappa shape index (κ3) is 6.74. The number of oxime groups is 1.